The van der Waals surface area contributed by atoms with Crippen LogP contribution < -0.4 is 4.90 Å². The zero-order valence-corrected chi connectivity index (χ0v) is 10.3. The summed E-state index contributed by atoms with van der Waals surface area (Å²) in [4.78, 5) is 1.78. The number of anilines is 2. The summed E-state index contributed by atoms with van der Waals surface area (Å²) in [5.41, 5.74) is 0.535. The Morgan fingerprint density at radius 2 is 1.47 bits per heavy atom. The van der Waals surface area contributed by atoms with Gasteiger partial charge in [0.05, 0.1) is 6.85 Å². The molecular weight excluding hydrogens is 206 g/mol. The third-order valence-electron chi connectivity index (χ3n) is 2.40. The molecular formula is C16H19N. The van der Waals surface area contributed by atoms with E-state index in [9.17, 15) is 0 Å². The van der Waals surface area contributed by atoms with Crippen LogP contribution in [0.2, 0.25) is 0 Å². The third kappa shape index (κ3) is 2.68. The average Bonchev–Trinajstić information content (AvgIpc) is 2.47. The zero-order valence-electron chi connectivity index (χ0n) is 15.3. The van der Waals surface area contributed by atoms with Crippen LogP contribution >= 0.6 is 0 Å². The number of hydrogen-bond acceptors (Lipinski definition) is 1. The molecule has 0 aliphatic heterocycles. The Morgan fingerprint density at radius 1 is 0.882 bits per heavy atom. The van der Waals surface area contributed by atoms with E-state index >= 15 is 0 Å². The van der Waals surface area contributed by atoms with E-state index in [4.69, 9.17) is 6.85 Å². The fourth-order valence-corrected chi connectivity index (χ4v) is 1.78. The van der Waals surface area contributed by atoms with Crippen LogP contribution in [0.3, 0.4) is 0 Å². The van der Waals surface area contributed by atoms with Crippen LogP contribution in [0.15, 0.2) is 60.5 Å². The molecule has 0 fully saturated rings. The fourth-order valence-electron chi connectivity index (χ4n) is 1.78. The molecule has 2 aromatic carbocycles. The Morgan fingerprint density at radius 3 is 2.00 bits per heavy atom. The summed E-state index contributed by atoms with van der Waals surface area (Å²) in [5, 5.41) is 0. The highest BCUT2D eigenvalue weighted by molar-refractivity contribution is 5.65. The van der Waals surface area contributed by atoms with E-state index in [1.54, 1.807) is 4.90 Å². The molecule has 0 aromatic heterocycles. The van der Waals surface area contributed by atoms with E-state index in [0.29, 0.717) is 0 Å². The highest BCUT2D eigenvalue weighted by Gasteiger charge is 2.22. The Labute approximate surface area is 111 Å². The second-order valence-corrected chi connectivity index (χ2v) is 4.82. The first-order chi connectivity index (χ1) is 10.2. The summed E-state index contributed by atoms with van der Waals surface area (Å²) < 4.78 is 39.8. The lowest BCUT2D eigenvalue weighted by atomic mass is 10.0. The van der Waals surface area contributed by atoms with Gasteiger partial charge in [0.1, 0.15) is 0 Å². The first kappa shape index (κ1) is 6.85. The van der Waals surface area contributed by atoms with E-state index in [1.807, 2.05) is 51.1 Å². The standard InChI is InChI=1S/C16H19N/c1-16(2,3)17(14-10-6-4-7-11-14)15-12-8-5-9-13-15/h4-13H,1-3H3/i4D,6D,7D,10D,11D. The summed E-state index contributed by atoms with van der Waals surface area (Å²) in [6, 6.07) is 7.95. The first-order valence-electron chi connectivity index (χ1n) is 8.08. The molecule has 0 bridgehead atoms. The van der Waals surface area contributed by atoms with Crippen molar-refractivity contribution in [3.05, 3.63) is 60.5 Å². The number of hydrogen-bond donors (Lipinski definition) is 0. The normalized spacial score (nSPS) is 15.4. The quantitative estimate of drug-likeness (QED) is 0.727. The summed E-state index contributed by atoms with van der Waals surface area (Å²) in [7, 11) is 0. The van der Waals surface area contributed by atoms with Crippen LogP contribution in [-0.4, -0.2) is 5.54 Å². The molecule has 0 atom stereocenters. The van der Waals surface area contributed by atoms with Gasteiger partial charge >= 0.3 is 0 Å². The van der Waals surface area contributed by atoms with E-state index in [1.165, 1.54) is 0 Å². The van der Waals surface area contributed by atoms with Crippen LogP contribution in [0.25, 0.3) is 0 Å². The van der Waals surface area contributed by atoms with Crippen molar-refractivity contribution in [2.45, 2.75) is 26.3 Å². The molecule has 0 N–H and O–H groups in total. The fraction of sp³-hybridized carbons (Fsp3) is 0.250. The van der Waals surface area contributed by atoms with E-state index in [-0.39, 0.29) is 35.9 Å². The van der Waals surface area contributed by atoms with Crippen molar-refractivity contribution in [1.29, 1.82) is 0 Å². The van der Waals surface area contributed by atoms with Crippen molar-refractivity contribution < 1.29 is 6.85 Å². The Hall–Kier alpha value is -1.76. The van der Waals surface area contributed by atoms with Gasteiger partial charge in [-0.05, 0) is 45.0 Å². The molecule has 17 heavy (non-hydrogen) atoms. The van der Waals surface area contributed by atoms with Crippen LogP contribution in [0.1, 0.15) is 27.6 Å². The smallest absolute Gasteiger partial charge is 0.0645 e. The Balaban J connectivity index is 2.80. The molecule has 2 rings (SSSR count). The van der Waals surface area contributed by atoms with Gasteiger partial charge in [0.25, 0.3) is 0 Å². The number of benzene rings is 2. The lowest BCUT2D eigenvalue weighted by molar-refractivity contribution is 0.560. The van der Waals surface area contributed by atoms with Crippen molar-refractivity contribution in [3.8, 4) is 0 Å². The molecule has 0 radical (unpaired) electrons. The van der Waals surface area contributed by atoms with Gasteiger partial charge in [-0.3, -0.25) is 0 Å². The molecule has 0 unspecified atom stereocenters. The zero-order chi connectivity index (χ0) is 16.7. The molecule has 0 aliphatic carbocycles. The maximum atomic E-state index is 8.18. The summed E-state index contributed by atoms with van der Waals surface area (Å²) >= 11 is 0. The highest BCUT2D eigenvalue weighted by Crippen LogP contribution is 2.32. The topological polar surface area (TPSA) is 3.24 Å². The van der Waals surface area contributed by atoms with Gasteiger partial charge in [-0.15, -0.1) is 0 Å². The molecule has 0 heterocycles. The van der Waals surface area contributed by atoms with E-state index < -0.39 is 5.54 Å². The monoisotopic (exact) mass is 230 g/mol. The SMILES string of the molecule is [2H]c1c([2H])c([2H])c(N(c2ccccc2)C(C)(C)C)c([2H])c1[2H]. The van der Waals surface area contributed by atoms with Crippen molar-refractivity contribution in [1.82, 2.24) is 0 Å². The summed E-state index contributed by atoms with van der Waals surface area (Å²) in [6.45, 7) is 5.84. The molecule has 1 heteroatoms. The van der Waals surface area contributed by atoms with Gasteiger partial charge in [-0.2, -0.15) is 0 Å². The van der Waals surface area contributed by atoms with Gasteiger partial charge in [0.2, 0.25) is 0 Å². The van der Waals surface area contributed by atoms with Crippen molar-refractivity contribution in [3.63, 3.8) is 0 Å². The predicted molar refractivity (Wildman–Crippen MR) is 74.8 cm³/mol. The number of nitrogens with zero attached hydrogens (tertiary/aromatic N) is 1. The number of para-hydroxylation sites is 2. The molecule has 0 saturated carbocycles. The second-order valence-electron chi connectivity index (χ2n) is 4.82. The highest BCUT2D eigenvalue weighted by atomic mass is 15.2. The molecule has 0 amide bonds. The second kappa shape index (κ2) is 4.62. The third-order valence-corrected chi connectivity index (χ3v) is 2.40. The maximum Gasteiger partial charge on any atom is 0.0645 e. The molecule has 0 spiro atoms. The van der Waals surface area contributed by atoms with Gasteiger partial charge in [0, 0.05) is 16.9 Å². The Bertz CT molecular complexity index is 663. The summed E-state index contributed by atoms with van der Waals surface area (Å²) in [6.07, 6.45) is 0. The lowest BCUT2D eigenvalue weighted by Gasteiger charge is -2.37. The van der Waals surface area contributed by atoms with Gasteiger partial charge in [0.15, 0.2) is 0 Å². The molecule has 0 aliphatic rings. The molecule has 2 aromatic rings. The Kier molecular flexibility index (Phi) is 1.86. The van der Waals surface area contributed by atoms with Crippen molar-refractivity contribution in [2.75, 3.05) is 4.90 Å². The van der Waals surface area contributed by atoms with Crippen LogP contribution in [0.5, 0.6) is 0 Å². The van der Waals surface area contributed by atoms with E-state index in [0.717, 1.165) is 5.69 Å². The van der Waals surface area contributed by atoms with Crippen LogP contribution in [0, 0.1) is 0 Å². The molecule has 88 valence electrons. The molecule has 0 saturated heterocycles. The summed E-state index contributed by atoms with van der Waals surface area (Å²) in [5.74, 6) is 0. The lowest BCUT2D eigenvalue weighted by Crippen LogP contribution is -2.37. The van der Waals surface area contributed by atoms with Crippen LogP contribution in [0.4, 0.5) is 11.4 Å². The number of rotatable bonds is 2. The van der Waals surface area contributed by atoms with Gasteiger partial charge < -0.3 is 4.90 Å². The molecule has 1 nitrogen and oxygen atoms in total. The van der Waals surface area contributed by atoms with Crippen molar-refractivity contribution in [2.24, 2.45) is 0 Å². The van der Waals surface area contributed by atoms with Gasteiger partial charge in [-0.25, -0.2) is 0 Å². The minimum Gasteiger partial charge on any atom is -0.336 e. The van der Waals surface area contributed by atoms with Gasteiger partial charge in [-0.1, -0.05) is 36.3 Å². The minimum atomic E-state index is -0.449. The largest absolute Gasteiger partial charge is 0.336 e. The predicted octanol–water partition coefficient (Wildman–Crippen LogP) is 4.62. The maximum absolute atomic E-state index is 8.18. The van der Waals surface area contributed by atoms with E-state index in [2.05, 4.69) is 0 Å². The first-order valence-corrected chi connectivity index (χ1v) is 5.58. The van der Waals surface area contributed by atoms with Crippen LogP contribution in [-0.2, 0) is 0 Å². The average molecular weight is 230 g/mol. The van der Waals surface area contributed by atoms with Crippen molar-refractivity contribution >= 4 is 11.4 Å². The minimum absolute atomic E-state index is 0.190.